The Morgan fingerprint density at radius 2 is 1.85 bits per heavy atom. The van der Waals surface area contributed by atoms with Gasteiger partial charge in [-0.05, 0) is 36.4 Å². The van der Waals surface area contributed by atoms with Crippen molar-refractivity contribution in [3.8, 4) is 5.69 Å². The molecule has 0 bridgehead atoms. The quantitative estimate of drug-likeness (QED) is 0.579. The molecule has 0 fully saturated rings. The van der Waals surface area contributed by atoms with Crippen LogP contribution < -0.4 is 16.5 Å². The molecule has 0 atom stereocenters. The maximum absolute atomic E-state index is 12.8. The van der Waals surface area contributed by atoms with Crippen molar-refractivity contribution in [3.05, 3.63) is 83.2 Å². The second kappa shape index (κ2) is 6.68. The van der Waals surface area contributed by atoms with E-state index in [9.17, 15) is 9.59 Å². The van der Waals surface area contributed by atoms with E-state index in [4.69, 9.17) is 5.73 Å². The van der Waals surface area contributed by atoms with Crippen molar-refractivity contribution in [1.29, 1.82) is 0 Å². The summed E-state index contributed by atoms with van der Waals surface area (Å²) in [6.07, 6.45) is 7.70. The van der Waals surface area contributed by atoms with Crippen LogP contribution in [0.3, 0.4) is 0 Å². The normalized spacial score (nSPS) is 10.7. The molecular weight excluding hydrogens is 344 g/mol. The van der Waals surface area contributed by atoms with Gasteiger partial charge < -0.3 is 11.1 Å². The zero-order valence-electron chi connectivity index (χ0n) is 14.0. The second-order valence-corrected chi connectivity index (χ2v) is 5.75. The van der Waals surface area contributed by atoms with Gasteiger partial charge in [0.2, 0.25) is 5.43 Å². The molecule has 27 heavy (non-hydrogen) atoms. The zero-order chi connectivity index (χ0) is 18.8. The molecule has 8 heteroatoms. The minimum absolute atomic E-state index is 0.0101. The number of rotatable bonds is 3. The highest BCUT2D eigenvalue weighted by Crippen LogP contribution is 2.16. The molecule has 0 aromatic carbocycles. The predicted octanol–water partition coefficient (Wildman–Crippen LogP) is 2.01. The molecule has 0 unspecified atom stereocenters. The first-order valence-electron chi connectivity index (χ1n) is 8.07. The van der Waals surface area contributed by atoms with Gasteiger partial charge in [0.1, 0.15) is 17.0 Å². The van der Waals surface area contributed by atoms with Crippen molar-refractivity contribution in [2.75, 3.05) is 11.1 Å². The van der Waals surface area contributed by atoms with E-state index in [-0.39, 0.29) is 5.56 Å². The number of fused-ring (bicyclic) bond motifs is 1. The van der Waals surface area contributed by atoms with Gasteiger partial charge in [-0.1, -0.05) is 0 Å². The van der Waals surface area contributed by atoms with Crippen molar-refractivity contribution in [2.24, 2.45) is 0 Å². The Morgan fingerprint density at radius 1 is 1.04 bits per heavy atom. The molecule has 0 aliphatic rings. The highest BCUT2D eigenvalue weighted by atomic mass is 16.2. The lowest BCUT2D eigenvalue weighted by molar-refractivity contribution is 0.102. The number of nitrogens with one attached hydrogen (secondary N) is 1. The molecule has 0 saturated heterocycles. The van der Waals surface area contributed by atoms with Crippen LogP contribution >= 0.6 is 0 Å². The van der Waals surface area contributed by atoms with Crippen LogP contribution in [-0.2, 0) is 0 Å². The van der Waals surface area contributed by atoms with Crippen LogP contribution in [0.4, 0.5) is 11.5 Å². The number of nitrogen functional groups attached to an aromatic ring is 1. The average Bonchev–Trinajstić information content (AvgIpc) is 2.70. The zero-order valence-corrected chi connectivity index (χ0v) is 14.0. The van der Waals surface area contributed by atoms with Crippen molar-refractivity contribution in [3.63, 3.8) is 0 Å². The number of nitrogens with zero attached hydrogens (tertiary/aromatic N) is 4. The van der Waals surface area contributed by atoms with E-state index in [1.54, 1.807) is 65.8 Å². The third-order valence-electron chi connectivity index (χ3n) is 3.99. The van der Waals surface area contributed by atoms with Gasteiger partial charge in [-0.15, -0.1) is 0 Å². The first kappa shape index (κ1) is 16.4. The Bertz CT molecular complexity index is 1190. The third-order valence-corrected chi connectivity index (χ3v) is 3.99. The van der Waals surface area contributed by atoms with Crippen molar-refractivity contribution in [1.82, 2.24) is 19.5 Å². The van der Waals surface area contributed by atoms with Gasteiger partial charge in [0.05, 0.1) is 17.3 Å². The average molecular weight is 358 g/mol. The molecule has 8 nitrogen and oxygen atoms in total. The summed E-state index contributed by atoms with van der Waals surface area (Å²) in [5, 5.41) is 3.03. The molecule has 132 valence electrons. The second-order valence-electron chi connectivity index (χ2n) is 5.75. The summed E-state index contributed by atoms with van der Waals surface area (Å²) in [5.41, 5.74) is 6.84. The summed E-state index contributed by atoms with van der Waals surface area (Å²) < 4.78 is 1.64. The van der Waals surface area contributed by atoms with Gasteiger partial charge in [0.25, 0.3) is 5.91 Å². The topological polar surface area (TPSA) is 116 Å². The van der Waals surface area contributed by atoms with Gasteiger partial charge in [0, 0.05) is 30.5 Å². The Kier molecular flexibility index (Phi) is 4.06. The maximum Gasteiger partial charge on any atom is 0.261 e. The molecular formula is C19H14N6O2. The minimum Gasteiger partial charge on any atom is -0.384 e. The van der Waals surface area contributed by atoms with Crippen LogP contribution in [-0.4, -0.2) is 25.4 Å². The SMILES string of the molecule is Nc1ccc(-n2cc(C(=O)Nc3ccncc3)c(=O)c3cccnc32)cn1. The molecule has 0 radical (unpaired) electrons. The van der Waals surface area contributed by atoms with E-state index in [1.165, 1.54) is 6.20 Å². The van der Waals surface area contributed by atoms with E-state index in [2.05, 4.69) is 20.3 Å². The van der Waals surface area contributed by atoms with E-state index >= 15 is 0 Å². The van der Waals surface area contributed by atoms with Crippen molar-refractivity contribution < 1.29 is 4.79 Å². The minimum atomic E-state index is -0.519. The van der Waals surface area contributed by atoms with E-state index in [0.29, 0.717) is 28.2 Å². The highest BCUT2D eigenvalue weighted by Gasteiger charge is 2.17. The van der Waals surface area contributed by atoms with Gasteiger partial charge in [0.15, 0.2) is 0 Å². The van der Waals surface area contributed by atoms with Crippen LogP contribution in [0.1, 0.15) is 10.4 Å². The number of aromatic nitrogens is 4. The molecule has 3 N–H and O–H groups in total. The van der Waals surface area contributed by atoms with Gasteiger partial charge in [-0.25, -0.2) is 9.97 Å². The number of amides is 1. The first-order chi connectivity index (χ1) is 13.1. The molecule has 4 rings (SSSR count). The molecule has 4 aromatic heterocycles. The summed E-state index contributed by atoms with van der Waals surface area (Å²) in [6, 6.07) is 9.95. The fourth-order valence-corrected chi connectivity index (χ4v) is 2.69. The Hall–Kier alpha value is -4.07. The van der Waals surface area contributed by atoms with Crippen molar-refractivity contribution >= 4 is 28.4 Å². The Labute approximate surface area is 153 Å². The summed E-state index contributed by atoms with van der Waals surface area (Å²) >= 11 is 0. The summed E-state index contributed by atoms with van der Waals surface area (Å²) in [7, 11) is 0. The summed E-state index contributed by atoms with van der Waals surface area (Å²) in [6.45, 7) is 0. The van der Waals surface area contributed by atoms with Crippen LogP contribution in [0.15, 0.2) is 72.2 Å². The molecule has 4 aromatic rings. The van der Waals surface area contributed by atoms with Crippen LogP contribution in [0.5, 0.6) is 0 Å². The Balaban J connectivity index is 1.88. The van der Waals surface area contributed by atoms with E-state index < -0.39 is 11.3 Å². The fourth-order valence-electron chi connectivity index (χ4n) is 2.69. The standard InChI is InChI=1S/C19H14N6O2/c20-16-4-3-13(10-23-16)25-11-15(17(26)14-2-1-7-22-18(14)25)19(27)24-12-5-8-21-9-6-12/h1-11H,(H2,20,23)(H,21,24,27). The lowest BCUT2D eigenvalue weighted by Gasteiger charge is -2.12. The van der Waals surface area contributed by atoms with Gasteiger partial charge >= 0.3 is 0 Å². The number of nitrogens with two attached hydrogens (primary N) is 1. The molecule has 0 aliphatic heterocycles. The number of hydrogen-bond acceptors (Lipinski definition) is 6. The predicted molar refractivity (Wildman–Crippen MR) is 102 cm³/mol. The third kappa shape index (κ3) is 3.11. The molecule has 1 amide bonds. The van der Waals surface area contributed by atoms with Crippen LogP contribution in [0.2, 0.25) is 0 Å². The number of carbonyl (C=O) groups is 1. The molecule has 0 aliphatic carbocycles. The van der Waals surface area contributed by atoms with Gasteiger partial charge in [-0.3, -0.25) is 19.1 Å². The first-order valence-corrected chi connectivity index (χ1v) is 8.07. The van der Waals surface area contributed by atoms with Gasteiger partial charge in [-0.2, -0.15) is 0 Å². The summed E-state index contributed by atoms with van der Waals surface area (Å²) in [4.78, 5) is 37.8. The lowest BCUT2D eigenvalue weighted by atomic mass is 10.1. The monoisotopic (exact) mass is 358 g/mol. The molecule has 0 saturated carbocycles. The Morgan fingerprint density at radius 3 is 2.59 bits per heavy atom. The number of pyridine rings is 4. The largest absolute Gasteiger partial charge is 0.384 e. The maximum atomic E-state index is 12.8. The van der Waals surface area contributed by atoms with Crippen LogP contribution in [0, 0.1) is 0 Å². The smallest absolute Gasteiger partial charge is 0.261 e. The van der Waals surface area contributed by atoms with Crippen molar-refractivity contribution in [2.45, 2.75) is 0 Å². The highest BCUT2D eigenvalue weighted by molar-refractivity contribution is 6.05. The number of carbonyl (C=O) groups excluding carboxylic acids is 1. The summed E-state index contributed by atoms with van der Waals surface area (Å²) in [5.74, 6) is -0.151. The van der Waals surface area contributed by atoms with E-state index in [0.717, 1.165) is 0 Å². The molecule has 4 heterocycles. The fraction of sp³-hybridized carbons (Fsp3) is 0. The number of hydrogen-bond donors (Lipinski definition) is 2. The lowest BCUT2D eigenvalue weighted by Crippen LogP contribution is -2.24. The van der Waals surface area contributed by atoms with Crippen LogP contribution in [0.25, 0.3) is 16.7 Å². The molecule has 0 spiro atoms. The van der Waals surface area contributed by atoms with E-state index in [1.807, 2.05) is 0 Å². The number of anilines is 2.